The van der Waals surface area contributed by atoms with Gasteiger partial charge in [-0.05, 0) is 26.3 Å². The molecule has 4 heteroatoms. The SMILES string of the molecule is CNC1CCCc2nc(C(C)COC)sc21. The van der Waals surface area contributed by atoms with Crippen LogP contribution in [-0.2, 0) is 11.2 Å². The number of fused-ring (bicyclic) bond motifs is 1. The number of hydrogen-bond acceptors (Lipinski definition) is 4. The monoisotopic (exact) mass is 240 g/mol. The molecule has 2 rings (SSSR count). The van der Waals surface area contributed by atoms with Crippen molar-refractivity contribution in [1.29, 1.82) is 0 Å². The van der Waals surface area contributed by atoms with Crippen LogP contribution in [0.15, 0.2) is 0 Å². The molecule has 1 aliphatic rings. The first-order valence-electron chi connectivity index (χ1n) is 5.92. The average molecular weight is 240 g/mol. The lowest BCUT2D eigenvalue weighted by molar-refractivity contribution is 0.184. The highest BCUT2D eigenvalue weighted by Crippen LogP contribution is 2.36. The minimum Gasteiger partial charge on any atom is -0.384 e. The van der Waals surface area contributed by atoms with Crippen LogP contribution in [0.1, 0.15) is 47.3 Å². The molecule has 0 radical (unpaired) electrons. The van der Waals surface area contributed by atoms with Crippen molar-refractivity contribution >= 4 is 11.3 Å². The summed E-state index contributed by atoms with van der Waals surface area (Å²) in [5.41, 5.74) is 1.31. The summed E-state index contributed by atoms with van der Waals surface area (Å²) in [6.07, 6.45) is 3.63. The Balaban J connectivity index is 2.21. The molecule has 1 aromatic heterocycles. The quantitative estimate of drug-likeness (QED) is 0.878. The van der Waals surface area contributed by atoms with Crippen LogP contribution in [0, 0.1) is 0 Å². The van der Waals surface area contributed by atoms with E-state index in [2.05, 4.69) is 12.2 Å². The number of thiazole rings is 1. The Morgan fingerprint density at radius 3 is 3.12 bits per heavy atom. The van der Waals surface area contributed by atoms with Crippen LogP contribution in [0.4, 0.5) is 0 Å². The number of ether oxygens (including phenoxy) is 1. The van der Waals surface area contributed by atoms with Crippen LogP contribution in [0.5, 0.6) is 0 Å². The summed E-state index contributed by atoms with van der Waals surface area (Å²) < 4.78 is 5.19. The minimum absolute atomic E-state index is 0.415. The van der Waals surface area contributed by atoms with E-state index in [9.17, 15) is 0 Å². The third-order valence-electron chi connectivity index (χ3n) is 3.15. The first-order valence-corrected chi connectivity index (χ1v) is 6.73. The first-order chi connectivity index (χ1) is 7.76. The molecule has 1 aromatic rings. The number of aromatic nitrogens is 1. The zero-order chi connectivity index (χ0) is 11.5. The van der Waals surface area contributed by atoms with E-state index in [-0.39, 0.29) is 0 Å². The van der Waals surface area contributed by atoms with Crippen molar-refractivity contribution in [1.82, 2.24) is 10.3 Å². The lowest BCUT2D eigenvalue weighted by Crippen LogP contribution is -2.19. The van der Waals surface area contributed by atoms with Crippen molar-refractivity contribution in [3.05, 3.63) is 15.6 Å². The molecule has 1 aliphatic carbocycles. The van der Waals surface area contributed by atoms with Crippen LogP contribution in [0.3, 0.4) is 0 Å². The molecule has 2 unspecified atom stereocenters. The summed E-state index contributed by atoms with van der Waals surface area (Å²) >= 11 is 1.86. The number of rotatable bonds is 4. The van der Waals surface area contributed by atoms with Crippen molar-refractivity contribution in [2.75, 3.05) is 20.8 Å². The second-order valence-corrected chi connectivity index (χ2v) is 5.52. The Morgan fingerprint density at radius 1 is 1.62 bits per heavy atom. The van der Waals surface area contributed by atoms with Gasteiger partial charge in [0, 0.05) is 23.9 Å². The highest BCUT2D eigenvalue weighted by Gasteiger charge is 2.24. The fourth-order valence-electron chi connectivity index (χ4n) is 2.25. The maximum Gasteiger partial charge on any atom is 0.0982 e. The molecular weight excluding hydrogens is 220 g/mol. The third kappa shape index (κ3) is 2.29. The summed E-state index contributed by atoms with van der Waals surface area (Å²) in [7, 11) is 3.79. The van der Waals surface area contributed by atoms with Gasteiger partial charge in [0.15, 0.2) is 0 Å². The van der Waals surface area contributed by atoms with E-state index >= 15 is 0 Å². The van der Waals surface area contributed by atoms with E-state index in [0.717, 1.165) is 13.0 Å². The predicted molar refractivity (Wildman–Crippen MR) is 67.1 cm³/mol. The van der Waals surface area contributed by atoms with Gasteiger partial charge in [-0.2, -0.15) is 0 Å². The summed E-state index contributed by atoms with van der Waals surface area (Å²) in [5.74, 6) is 0.415. The Hall–Kier alpha value is -0.450. The second kappa shape index (κ2) is 5.25. The molecule has 0 aromatic carbocycles. The second-order valence-electron chi connectivity index (χ2n) is 4.45. The van der Waals surface area contributed by atoms with E-state index in [1.165, 1.54) is 28.4 Å². The van der Waals surface area contributed by atoms with E-state index in [0.29, 0.717) is 12.0 Å². The summed E-state index contributed by atoms with van der Waals surface area (Å²) in [6, 6.07) is 0.518. The van der Waals surface area contributed by atoms with Crippen LogP contribution in [-0.4, -0.2) is 25.7 Å². The van der Waals surface area contributed by atoms with Crippen molar-refractivity contribution in [2.24, 2.45) is 0 Å². The molecule has 0 amide bonds. The smallest absolute Gasteiger partial charge is 0.0982 e. The van der Waals surface area contributed by atoms with Crippen LogP contribution in [0.25, 0.3) is 0 Å². The molecule has 0 saturated carbocycles. The van der Waals surface area contributed by atoms with Gasteiger partial charge in [0.2, 0.25) is 0 Å². The molecule has 90 valence electrons. The zero-order valence-electron chi connectivity index (χ0n) is 10.2. The van der Waals surface area contributed by atoms with Gasteiger partial charge in [-0.25, -0.2) is 4.98 Å². The normalized spacial score (nSPS) is 21.8. The maximum absolute atomic E-state index is 5.19. The number of nitrogens with zero attached hydrogens (tertiary/aromatic N) is 1. The van der Waals surface area contributed by atoms with Gasteiger partial charge in [0.05, 0.1) is 17.3 Å². The van der Waals surface area contributed by atoms with Crippen molar-refractivity contribution in [2.45, 2.75) is 38.1 Å². The molecule has 0 aliphatic heterocycles. The van der Waals surface area contributed by atoms with Gasteiger partial charge in [-0.15, -0.1) is 11.3 Å². The van der Waals surface area contributed by atoms with Gasteiger partial charge in [-0.1, -0.05) is 6.92 Å². The molecule has 1 heterocycles. The summed E-state index contributed by atoms with van der Waals surface area (Å²) in [4.78, 5) is 6.22. The van der Waals surface area contributed by atoms with Gasteiger partial charge in [0.25, 0.3) is 0 Å². The number of hydrogen-bond donors (Lipinski definition) is 1. The van der Waals surface area contributed by atoms with Crippen LogP contribution < -0.4 is 5.32 Å². The predicted octanol–water partition coefficient (Wildman–Crippen LogP) is 2.49. The Bertz CT molecular complexity index is 351. The molecular formula is C12H20N2OS. The molecule has 1 N–H and O–H groups in total. The lowest BCUT2D eigenvalue weighted by atomic mass is 9.98. The zero-order valence-corrected chi connectivity index (χ0v) is 11.1. The summed E-state index contributed by atoms with van der Waals surface area (Å²) in [5, 5.41) is 4.61. The lowest BCUT2D eigenvalue weighted by Gasteiger charge is -2.20. The standard InChI is InChI=1S/C12H20N2OS/c1-8(7-15-3)12-14-10-6-4-5-9(13-2)11(10)16-12/h8-9,13H,4-7H2,1-3H3. The highest BCUT2D eigenvalue weighted by molar-refractivity contribution is 7.12. The molecule has 16 heavy (non-hydrogen) atoms. The minimum atomic E-state index is 0.415. The number of methoxy groups -OCH3 is 1. The molecule has 0 saturated heterocycles. The maximum atomic E-state index is 5.19. The molecule has 0 bridgehead atoms. The summed E-state index contributed by atoms with van der Waals surface area (Å²) in [6.45, 7) is 2.94. The van der Waals surface area contributed by atoms with Crippen molar-refractivity contribution in [3.63, 3.8) is 0 Å². The van der Waals surface area contributed by atoms with E-state index < -0.39 is 0 Å². The Morgan fingerprint density at radius 2 is 2.44 bits per heavy atom. The van der Waals surface area contributed by atoms with Crippen molar-refractivity contribution < 1.29 is 4.74 Å². The van der Waals surface area contributed by atoms with Crippen LogP contribution in [0.2, 0.25) is 0 Å². The Labute approximate surface area is 101 Å². The van der Waals surface area contributed by atoms with E-state index in [1.807, 2.05) is 18.4 Å². The molecule has 0 spiro atoms. The number of aryl methyl sites for hydroxylation is 1. The molecule has 3 nitrogen and oxygen atoms in total. The first kappa shape index (κ1) is 12.0. The largest absolute Gasteiger partial charge is 0.384 e. The van der Waals surface area contributed by atoms with E-state index in [1.54, 1.807) is 7.11 Å². The third-order valence-corrected chi connectivity index (χ3v) is 4.60. The topological polar surface area (TPSA) is 34.2 Å². The fourth-order valence-corrected chi connectivity index (χ4v) is 3.54. The van der Waals surface area contributed by atoms with Gasteiger partial charge in [0.1, 0.15) is 0 Å². The van der Waals surface area contributed by atoms with Gasteiger partial charge < -0.3 is 10.1 Å². The van der Waals surface area contributed by atoms with Gasteiger partial charge >= 0.3 is 0 Å². The molecule has 2 atom stereocenters. The van der Waals surface area contributed by atoms with Crippen LogP contribution >= 0.6 is 11.3 Å². The Kier molecular flexibility index (Phi) is 3.95. The van der Waals surface area contributed by atoms with E-state index in [4.69, 9.17) is 9.72 Å². The van der Waals surface area contributed by atoms with Gasteiger partial charge in [-0.3, -0.25) is 0 Å². The fraction of sp³-hybridized carbons (Fsp3) is 0.750. The highest BCUT2D eigenvalue weighted by atomic mass is 32.1. The van der Waals surface area contributed by atoms with Crippen molar-refractivity contribution in [3.8, 4) is 0 Å². The average Bonchev–Trinajstić information content (AvgIpc) is 2.72. The molecule has 0 fully saturated rings. The number of nitrogens with one attached hydrogen (secondary N) is 1.